The molecule has 9 aromatic rings. The molecule has 0 saturated carbocycles. The fourth-order valence-electron chi connectivity index (χ4n) is 9.97. The first kappa shape index (κ1) is 32.8. The van der Waals surface area contributed by atoms with Gasteiger partial charge in [0.1, 0.15) is 0 Å². The molecule has 0 bridgehead atoms. The van der Waals surface area contributed by atoms with Gasteiger partial charge in [0.15, 0.2) is 0 Å². The summed E-state index contributed by atoms with van der Waals surface area (Å²) in [6.45, 7) is 9.41. The Morgan fingerprint density at radius 3 is 1.54 bits per heavy atom. The first-order valence-corrected chi connectivity index (χ1v) is 19.8. The van der Waals surface area contributed by atoms with Crippen LogP contribution in [0, 0.1) is 0 Å². The van der Waals surface area contributed by atoms with Crippen LogP contribution in [0.3, 0.4) is 0 Å². The number of rotatable bonds is 5. The topological polar surface area (TPSA) is 8.17 Å². The van der Waals surface area contributed by atoms with Crippen molar-refractivity contribution >= 4 is 38.9 Å². The van der Waals surface area contributed by atoms with Gasteiger partial charge in [-0.25, -0.2) is 0 Å². The van der Waals surface area contributed by atoms with Crippen LogP contribution in [0.1, 0.15) is 49.9 Å². The number of para-hydroxylation sites is 2. The van der Waals surface area contributed by atoms with Crippen molar-refractivity contribution in [3.63, 3.8) is 0 Å². The number of nitrogens with zero attached hydrogens (tertiary/aromatic N) is 2. The van der Waals surface area contributed by atoms with E-state index in [0.717, 1.165) is 17.1 Å². The van der Waals surface area contributed by atoms with Gasteiger partial charge >= 0.3 is 0 Å². The molecule has 1 heterocycles. The standard InChI is InChI=1S/C54H42N2/c1-53(2)47-22-11-8-19-41(47)45-33-39(26-29-49(45)53)55(40-27-30-50-46(34-40)42-20-9-12-23-48(42)54(50,3)4)38-18-14-15-35(31-38)36-25-28-44-43-21-10-13-24-51(43)56(52(44)32-36)37-16-6-5-7-17-37/h5-34H,1-4H3. The predicted octanol–water partition coefficient (Wildman–Crippen LogP) is 14.5. The maximum Gasteiger partial charge on any atom is 0.0547 e. The van der Waals surface area contributed by atoms with E-state index in [2.05, 4.69) is 219 Å². The van der Waals surface area contributed by atoms with Gasteiger partial charge in [-0.2, -0.15) is 0 Å². The van der Waals surface area contributed by atoms with Crippen LogP contribution >= 0.6 is 0 Å². The average Bonchev–Trinajstić information content (AvgIpc) is 3.78. The summed E-state index contributed by atoms with van der Waals surface area (Å²) in [4.78, 5) is 2.46. The van der Waals surface area contributed by atoms with Crippen LogP contribution in [-0.4, -0.2) is 4.57 Å². The van der Waals surface area contributed by atoms with Crippen LogP contribution in [0.25, 0.3) is 60.9 Å². The first-order valence-electron chi connectivity index (χ1n) is 19.8. The predicted molar refractivity (Wildman–Crippen MR) is 236 cm³/mol. The molecule has 0 spiro atoms. The first-order chi connectivity index (χ1) is 27.3. The lowest BCUT2D eigenvalue weighted by atomic mass is 9.82. The third kappa shape index (κ3) is 4.69. The van der Waals surface area contributed by atoms with E-state index in [9.17, 15) is 0 Å². The SMILES string of the molecule is CC1(C)c2ccccc2-c2cc(N(c3cccc(-c4ccc5c6ccccc6n(-c6ccccc6)c5c4)c3)c3ccc4c(c3)-c3ccccc3C4(C)C)ccc21. The second-order valence-electron chi connectivity index (χ2n) is 16.6. The molecule has 2 aliphatic carbocycles. The lowest BCUT2D eigenvalue weighted by molar-refractivity contribution is 0.660. The average molecular weight is 719 g/mol. The Balaban J connectivity index is 1.11. The maximum absolute atomic E-state index is 2.46. The fourth-order valence-corrected chi connectivity index (χ4v) is 9.97. The molecule has 0 atom stereocenters. The second kappa shape index (κ2) is 11.9. The molecule has 0 amide bonds. The van der Waals surface area contributed by atoms with Crippen LogP contribution < -0.4 is 4.90 Å². The van der Waals surface area contributed by atoms with Crippen molar-refractivity contribution in [2.75, 3.05) is 4.90 Å². The summed E-state index contributed by atoms with van der Waals surface area (Å²) < 4.78 is 2.40. The van der Waals surface area contributed by atoms with E-state index in [-0.39, 0.29) is 10.8 Å². The molecular weight excluding hydrogens is 677 g/mol. The third-order valence-electron chi connectivity index (χ3n) is 12.8. The van der Waals surface area contributed by atoms with Gasteiger partial charge in [-0.1, -0.05) is 149 Å². The number of anilines is 3. The Morgan fingerprint density at radius 1 is 0.357 bits per heavy atom. The van der Waals surface area contributed by atoms with E-state index in [1.54, 1.807) is 0 Å². The summed E-state index contributed by atoms with van der Waals surface area (Å²) in [5, 5.41) is 2.52. The van der Waals surface area contributed by atoms with E-state index < -0.39 is 0 Å². The van der Waals surface area contributed by atoms with Crippen LogP contribution in [0.5, 0.6) is 0 Å². The van der Waals surface area contributed by atoms with Crippen molar-refractivity contribution in [1.29, 1.82) is 0 Å². The third-order valence-corrected chi connectivity index (χ3v) is 12.8. The van der Waals surface area contributed by atoms with Crippen molar-refractivity contribution in [1.82, 2.24) is 4.57 Å². The summed E-state index contributed by atoms with van der Waals surface area (Å²) in [5.74, 6) is 0. The molecule has 11 rings (SSSR count). The monoisotopic (exact) mass is 718 g/mol. The van der Waals surface area contributed by atoms with Gasteiger partial charge < -0.3 is 9.47 Å². The number of benzene rings is 8. The molecule has 0 radical (unpaired) electrons. The van der Waals surface area contributed by atoms with E-state index in [1.165, 1.54) is 83.1 Å². The summed E-state index contributed by atoms with van der Waals surface area (Å²) in [5.41, 5.74) is 20.1. The largest absolute Gasteiger partial charge is 0.310 e. The van der Waals surface area contributed by atoms with Gasteiger partial charge in [-0.05, 0) is 116 Å². The van der Waals surface area contributed by atoms with Crippen molar-refractivity contribution in [2.45, 2.75) is 38.5 Å². The lowest BCUT2D eigenvalue weighted by Gasteiger charge is -2.28. The van der Waals surface area contributed by atoms with Gasteiger partial charge in [-0.15, -0.1) is 0 Å². The Kier molecular flexibility index (Phi) is 6.98. The molecule has 2 nitrogen and oxygen atoms in total. The molecule has 2 aliphatic rings. The molecule has 0 N–H and O–H groups in total. The van der Waals surface area contributed by atoms with Crippen LogP contribution in [0.4, 0.5) is 17.1 Å². The zero-order chi connectivity index (χ0) is 37.8. The number of aromatic nitrogens is 1. The lowest BCUT2D eigenvalue weighted by Crippen LogP contribution is -2.16. The number of fused-ring (bicyclic) bond motifs is 9. The minimum atomic E-state index is -0.0566. The minimum absolute atomic E-state index is 0.0566. The van der Waals surface area contributed by atoms with Crippen molar-refractivity contribution in [3.05, 3.63) is 204 Å². The smallest absolute Gasteiger partial charge is 0.0547 e. The molecule has 2 heteroatoms. The van der Waals surface area contributed by atoms with Gasteiger partial charge in [0.05, 0.1) is 11.0 Å². The van der Waals surface area contributed by atoms with E-state index in [0.29, 0.717) is 0 Å². The Bertz CT molecular complexity index is 2930. The quantitative estimate of drug-likeness (QED) is 0.172. The van der Waals surface area contributed by atoms with Gasteiger partial charge in [0.2, 0.25) is 0 Å². The van der Waals surface area contributed by atoms with Crippen molar-refractivity contribution in [3.8, 4) is 39.1 Å². The summed E-state index contributed by atoms with van der Waals surface area (Å²) in [6, 6.07) is 67.6. The highest BCUT2D eigenvalue weighted by atomic mass is 15.1. The molecule has 56 heavy (non-hydrogen) atoms. The van der Waals surface area contributed by atoms with Crippen molar-refractivity contribution in [2.24, 2.45) is 0 Å². The molecule has 8 aromatic carbocycles. The minimum Gasteiger partial charge on any atom is -0.310 e. The second-order valence-corrected chi connectivity index (χ2v) is 16.6. The molecule has 1 aromatic heterocycles. The van der Waals surface area contributed by atoms with Gasteiger partial charge in [-0.3, -0.25) is 0 Å². The number of hydrogen-bond acceptors (Lipinski definition) is 1. The molecular formula is C54H42N2. The van der Waals surface area contributed by atoms with Crippen LogP contribution in [0.15, 0.2) is 182 Å². The van der Waals surface area contributed by atoms with Crippen LogP contribution in [0.2, 0.25) is 0 Å². The summed E-state index contributed by atoms with van der Waals surface area (Å²) in [7, 11) is 0. The highest BCUT2D eigenvalue weighted by molar-refractivity contribution is 6.10. The van der Waals surface area contributed by atoms with Gasteiger partial charge in [0.25, 0.3) is 0 Å². The number of hydrogen-bond donors (Lipinski definition) is 0. The van der Waals surface area contributed by atoms with Crippen LogP contribution in [-0.2, 0) is 10.8 Å². The highest BCUT2D eigenvalue weighted by Gasteiger charge is 2.37. The maximum atomic E-state index is 2.46. The van der Waals surface area contributed by atoms with E-state index in [1.807, 2.05) is 0 Å². The summed E-state index contributed by atoms with van der Waals surface area (Å²) >= 11 is 0. The normalized spacial score (nSPS) is 14.4. The molecule has 0 unspecified atom stereocenters. The Hall–Kier alpha value is -6.64. The Morgan fingerprint density at radius 2 is 0.875 bits per heavy atom. The zero-order valence-corrected chi connectivity index (χ0v) is 32.2. The van der Waals surface area contributed by atoms with Gasteiger partial charge in [0, 0.05) is 44.4 Å². The fraction of sp³-hybridized carbons (Fsp3) is 0.111. The molecule has 0 saturated heterocycles. The molecule has 0 aliphatic heterocycles. The molecule has 0 fully saturated rings. The van der Waals surface area contributed by atoms with E-state index >= 15 is 0 Å². The summed E-state index contributed by atoms with van der Waals surface area (Å²) in [6.07, 6.45) is 0. The Labute approximate surface area is 328 Å². The molecule has 268 valence electrons. The highest BCUT2D eigenvalue weighted by Crippen LogP contribution is 2.53. The van der Waals surface area contributed by atoms with E-state index in [4.69, 9.17) is 0 Å². The zero-order valence-electron chi connectivity index (χ0n) is 32.2. The van der Waals surface area contributed by atoms with Crippen molar-refractivity contribution < 1.29 is 0 Å².